The van der Waals surface area contributed by atoms with Crippen molar-refractivity contribution in [1.29, 1.82) is 0 Å². The summed E-state index contributed by atoms with van der Waals surface area (Å²) in [5.74, 6) is -2.80. The van der Waals surface area contributed by atoms with Crippen LogP contribution in [0.3, 0.4) is 0 Å². The summed E-state index contributed by atoms with van der Waals surface area (Å²) in [5.41, 5.74) is 0. The van der Waals surface area contributed by atoms with Gasteiger partial charge in [0.2, 0.25) is 0 Å². The van der Waals surface area contributed by atoms with E-state index in [1.807, 2.05) is 0 Å². The highest BCUT2D eigenvalue weighted by Gasteiger charge is 2.16. The maximum Gasteiger partial charge on any atom is 0.344 e. The van der Waals surface area contributed by atoms with Crippen molar-refractivity contribution in [2.75, 3.05) is 53.0 Å². The van der Waals surface area contributed by atoms with E-state index in [-0.39, 0.29) is 12.6 Å². The van der Waals surface area contributed by atoms with E-state index in [0.717, 1.165) is 13.0 Å². The summed E-state index contributed by atoms with van der Waals surface area (Å²) in [6, 6.07) is 6.92. The summed E-state index contributed by atoms with van der Waals surface area (Å²) in [6.45, 7) is 6.40. The summed E-state index contributed by atoms with van der Waals surface area (Å²) in [5, 5.41) is 19.5. The first-order valence-electron chi connectivity index (χ1n) is 10.0. The van der Waals surface area contributed by atoms with Gasteiger partial charge in [0, 0.05) is 17.9 Å². The van der Waals surface area contributed by atoms with E-state index in [4.69, 9.17) is 21.1 Å². The molecule has 2 N–H and O–H groups in total. The molecular formula is C21H29ClN2O7. The lowest BCUT2D eigenvalue weighted by Gasteiger charge is -2.16. The lowest BCUT2D eigenvalue weighted by molar-refractivity contribution is -0.930. The quantitative estimate of drug-likeness (QED) is 0.224. The molecule has 0 radical (unpaired) electrons. The Balaban J connectivity index is 0.000000512. The minimum Gasteiger partial charge on any atom is -0.545 e. The molecule has 2 unspecified atom stereocenters. The number of halogens is 1. The molecule has 2 rings (SSSR count). The Labute approximate surface area is 186 Å². The Hall–Kier alpha value is -2.62. The summed E-state index contributed by atoms with van der Waals surface area (Å²) < 4.78 is 10.6. The highest BCUT2D eigenvalue weighted by molar-refractivity contribution is 6.30. The van der Waals surface area contributed by atoms with Crippen molar-refractivity contribution in [1.82, 2.24) is 0 Å². The summed E-state index contributed by atoms with van der Waals surface area (Å²) >= 11 is 5.79. The van der Waals surface area contributed by atoms with E-state index in [9.17, 15) is 24.6 Å². The second-order valence-corrected chi connectivity index (χ2v) is 7.54. The number of carboxylic acid groups (broad SMARTS) is 2. The van der Waals surface area contributed by atoms with Crippen LogP contribution in [0.25, 0.3) is 0 Å². The largest absolute Gasteiger partial charge is 0.545 e. The van der Waals surface area contributed by atoms with Crippen LogP contribution in [-0.4, -0.2) is 70.9 Å². The molecule has 1 aliphatic rings. The van der Waals surface area contributed by atoms with Gasteiger partial charge >= 0.3 is 5.97 Å². The number of quaternary nitrogens is 2. The summed E-state index contributed by atoms with van der Waals surface area (Å²) in [7, 11) is 2.26. The first-order chi connectivity index (χ1) is 14.8. The van der Waals surface area contributed by atoms with Crippen molar-refractivity contribution in [2.45, 2.75) is 12.8 Å². The average Bonchev–Trinajstić information content (AvgIpc) is 2.94. The van der Waals surface area contributed by atoms with Gasteiger partial charge in [-0.2, -0.15) is 0 Å². The number of benzene rings is 1. The van der Waals surface area contributed by atoms with Crippen LogP contribution in [0.2, 0.25) is 5.02 Å². The number of esters is 1. The van der Waals surface area contributed by atoms with Crippen LogP contribution in [0.15, 0.2) is 36.4 Å². The molecule has 2 atom stereocenters. The first-order valence-corrected chi connectivity index (χ1v) is 10.4. The number of hydrogen-bond acceptors (Lipinski definition) is 7. The monoisotopic (exact) mass is 456 g/mol. The van der Waals surface area contributed by atoms with Crippen molar-refractivity contribution in [3.8, 4) is 5.75 Å². The van der Waals surface area contributed by atoms with Crippen molar-refractivity contribution in [2.24, 2.45) is 0 Å². The fourth-order valence-electron chi connectivity index (χ4n) is 2.89. The number of ether oxygens (including phenoxy) is 2. The second-order valence-electron chi connectivity index (χ2n) is 7.10. The topological polar surface area (TPSA) is 125 Å². The lowest BCUT2D eigenvalue weighted by atomic mass is 10.3. The molecule has 1 aromatic rings. The van der Waals surface area contributed by atoms with Crippen LogP contribution in [0.5, 0.6) is 5.75 Å². The zero-order valence-corrected chi connectivity index (χ0v) is 18.3. The minimum atomic E-state index is -1.55. The second kappa shape index (κ2) is 15.2. The molecule has 0 bridgehead atoms. The van der Waals surface area contributed by atoms with Gasteiger partial charge in [-0.25, -0.2) is 4.79 Å². The van der Waals surface area contributed by atoms with E-state index >= 15 is 0 Å². The van der Waals surface area contributed by atoms with Crippen LogP contribution < -0.4 is 24.7 Å². The number of nitrogens with one attached hydrogen (secondary N) is 2. The molecule has 1 fully saturated rings. The van der Waals surface area contributed by atoms with Gasteiger partial charge in [-0.05, 0) is 36.4 Å². The molecular weight excluding hydrogens is 428 g/mol. The van der Waals surface area contributed by atoms with Gasteiger partial charge in [-0.15, -0.1) is 0 Å². The Bertz CT molecular complexity index is 709. The summed E-state index contributed by atoms with van der Waals surface area (Å²) in [4.78, 5) is 33.7. The Morgan fingerprint density at radius 2 is 1.68 bits per heavy atom. The Morgan fingerprint density at radius 1 is 1.03 bits per heavy atom. The number of carbonyl (C=O) groups excluding carboxylic acids is 3. The lowest BCUT2D eigenvalue weighted by Crippen LogP contribution is -3.16. The van der Waals surface area contributed by atoms with E-state index < -0.39 is 11.9 Å². The first kappa shape index (κ1) is 26.4. The SMILES string of the molecule is C[NH+]1CCC[NH+](CCCOC(=O)COc2ccc(Cl)cc2)CC1.O=C([O-])/C=C\C(=O)[O-]. The standard InChI is InChI=1S/C17H25ClN2O3.C4H4O4/c1-19-8-2-9-20(12-11-19)10-3-13-22-17(21)14-23-16-6-4-15(18)5-7-16;5-3(6)1-2-4(7)8/h4-7H,2-3,8-14H2,1H3;1-2H,(H,5,6)(H,7,8)/b;2-1-. The number of likely N-dealkylation sites (N-methyl/N-ethyl adjacent to an activating group) is 1. The Kier molecular flexibility index (Phi) is 13.0. The number of carboxylic acids is 2. The van der Waals surface area contributed by atoms with E-state index in [0.29, 0.717) is 29.5 Å². The molecule has 172 valence electrons. The number of aliphatic carboxylic acids is 2. The van der Waals surface area contributed by atoms with Crippen molar-refractivity contribution in [3.63, 3.8) is 0 Å². The molecule has 10 heteroatoms. The normalized spacial score (nSPS) is 18.4. The number of carbonyl (C=O) groups is 3. The van der Waals surface area contributed by atoms with Gasteiger partial charge in [-0.3, -0.25) is 0 Å². The fourth-order valence-corrected chi connectivity index (χ4v) is 3.02. The van der Waals surface area contributed by atoms with Gasteiger partial charge in [0.25, 0.3) is 0 Å². The third-order valence-electron chi connectivity index (χ3n) is 4.50. The smallest absolute Gasteiger partial charge is 0.344 e. The van der Waals surface area contributed by atoms with Crippen LogP contribution in [0.4, 0.5) is 0 Å². The van der Waals surface area contributed by atoms with E-state index in [1.165, 1.54) is 32.6 Å². The van der Waals surface area contributed by atoms with Crippen molar-refractivity contribution < 1.29 is 43.9 Å². The van der Waals surface area contributed by atoms with Crippen LogP contribution in [-0.2, 0) is 19.1 Å². The van der Waals surface area contributed by atoms with Crippen LogP contribution in [0, 0.1) is 0 Å². The molecule has 0 spiro atoms. The zero-order chi connectivity index (χ0) is 23.1. The summed E-state index contributed by atoms with van der Waals surface area (Å²) in [6.07, 6.45) is 2.95. The maximum atomic E-state index is 11.6. The minimum absolute atomic E-state index is 0.0631. The molecule has 9 nitrogen and oxygen atoms in total. The Morgan fingerprint density at radius 3 is 2.29 bits per heavy atom. The number of hydrogen-bond donors (Lipinski definition) is 2. The van der Waals surface area contributed by atoms with Gasteiger partial charge in [0.15, 0.2) is 6.61 Å². The van der Waals surface area contributed by atoms with Crippen molar-refractivity contribution in [3.05, 3.63) is 41.4 Å². The molecule has 0 saturated carbocycles. The van der Waals surface area contributed by atoms with Gasteiger partial charge in [0.1, 0.15) is 18.8 Å². The third kappa shape index (κ3) is 14.1. The number of rotatable bonds is 9. The molecule has 31 heavy (non-hydrogen) atoms. The molecule has 1 saturated heterocycles. The third-order valence-corrected chi connectivity index (χ3v) is 4.75. The predicted molar refractivity (Wildman–Crippen MR) is 108 cm³/mol. The highest BCUT2D eigenvalue weighted by atomic mass is 35.5. The molecule has 0 amide bonds. The van der Waals surface area contributed by atoms with Gasteiger partial charge < -0.3 is 39.1 Å². The average molecular weight is 457 g/mol. The molecule has 1 aromatic carbocycles. The molecule has 1 aliphatic heterocycles. The fraction of sp³-hybridized carbons (Fsp3) is 0.476. The molecule has 1 heterocycles. The van der Waals surface area contributed by atoms with Crippen molar-refractivity contribution >= 4 is 29.5 Å². The van der Waals surface area contributed by atoms with Crippen LogP contribution >= 0.6 is 11.6 Å². The molecule has 0 aliphatic carbocycles. The molecule has 0 aromatic heterocycles. The van der Waals surface area contributed by atoms with Gasteiger partial charge in [0.05, 0.1) is 45.2 Å². The van der Waals surface area contributed by atoms with E-state index in [1.54, 1.807) is 34.1 Å². The predicted octanol–water partition coefficient (Wildman–Crippen LogP) is -3.50. The van der Waals surface area contributed by atoms with Gasteiger partial charge in [-0.1, -0.05) is 11.6 Å². The highest BCUT2D eigenvalue weighted by Crippen LogP contribution is 2.15. The van der Waals surface area contributed by atoms with E-state index in [2.05, 4.69) is 7.05 Å². The maximum absolute atomic E-state index is 11.6. The van der Waals surface area contributed by atoms with Crippen LogP contribution in [0.1, 0.15) is 12.8 Å². The zero-order valence-electron chi connectivity index (χ0n) is 17.6.